The zero-order valence-electron chi connectivity index (χ0n) is 15.4. The van der Waals surface area contributed by atoms with Gasteiger partial charge in [0.15, 0.2) is 0 Å². The highest BCUT2D eigenvalue weighted by Crippen LogP contribution is 2.31. The van der Waals surface area contributed by atoms with Crippen LogP contribution in [-0.2, 0) is 21.2 Å². The first-order valence-electron chi connectivity index (χ1n) is 9.12. The van der Waals surface area contributed by atoms with Crippen LogP contribution in [0.15, 0.2) is 29.2 Å². The quantitative estimate of drug-likeness (QED) is 0.840. The third kappa shape index (κ3) is 5.28. The lowest BCUT2D eigenvalue weighted by atomic mass is 9.79. The van der Waals surface area contributed by atoms with Gasteiger partial charge in [0.05, 0.1) is 4.90 Å². The van der Waals surface area contributed by atoms with Gasteiger partial charge in [0.1, 0.15) is 0 Å². The summed E-state index contributed by atoms with van der Waals surface area (Å²) in [7, 11) is -3.70. The molecule has 140 valence electrons. The minimum atomic E-state index is -3.70. The Morgan fingerprint density at radius 1 is 1.28 bits per heavy atom. The van der Waals surface area contributed by atoms with Crippen molar-refractivity contribution < 1.29 is 13.2 Å². The van der Waals surface area contributed by atoms with Gasteiger partial charge in [-0.15, -0.1) is 0 Å². The number of nitrogens with zero attached hydrogens (tertiary/aromatic N) is 1. The predicted molar refractivity (Wildman–Crippen MR) is 99.5 cm³/mol. The molecular weight excluding hydrogens is 336 g/mol. The number of carbonyl (C=O) groups excluding carboxylic acids is 1. The third-order valence-corrected chi connectivity index (χ3v) is 6.11. The Morgan fingerprint density at radius 3 is 2.56 bits per heavy atom. The molecule has 2 rings (SSSR count). The van der Waals surface area contributed by atoms with E-state index in [2.05, 4.69) is 6.92 Å². The molecule has 0 saturated heterocycles. The standard InChI is InChI=1S/C19H30N2O3S/c1-14(2)21(19(22)18-10-5-4-7-15(18)3)12-11-16-8-6-9-17(13-16)25(20,23)24/h6,8-9,13-15,18H,4-5,7,10-12H2,1-3H3,(H2,20,23,24). The Labute approximate surface area is 151 Å². The second-order valence-electron chi connectivity index (χ2n) is 7.44. The Morgan fingerprint density at radius 2 is 1.96 bits per heavy atom. The maximum atomic E-state index is 13.0. The summed E-state index contributed by atoms with van der Waals surface area (Å²) in [5, 5.41) is 5.20. The van der Waals surface area contributed by atoms with Crippen molar-refractivity contribution >= 4 is 15.9 Å². The second kappa shape index (κ2) is 8.32. The molecule has 1 aromatic carbocycles. The zero-order chi connectivity index (χ0) is 18.6. The lowest BCUT2D eigenvalue weighted by molar-refractivity contribution is -0.140. The van der Waals surface area contributed by atoms with Gasteiger partial charge >= 0.3 is 0 Å². The van der Waals surface area contributed by atoms with Gasteiger partial charge in [-0.1, -0.05) is 31.9 Å². The number of hydrogen-bond acceptors (Lipinski definition) is 3. The molecule has 1 aliphatic carbocycles. The van der Waals surface area contributed by atoms with Crippen molar-refractivity contribution in [3.8, 4) is 0 Å². The fourth-order valence-electron chi connectivity index (χ4n) is 3.65. The topological polar surface area (TPSA) is 80.5 Å². The van der Waals surface area contributed by atoms with Gasteiger partial charge in [-0.25, -0.2) is 13.6 Å². The lowest BCUT2D eigenvalue weighted by Gasteiger charge is -2.35. The molecule has 0 aliphatic heterocycles. The van der Waals surface area contributed by atoms with Gasteiger partial charge < -0.3 is 4.90 Å². The van der Waals surface area contributed by atoms with Crippen molar-refractivity contribution in [2.24, 2.45) is 17.0 Å². The normalized spacial score (nSPS) is 21.3. The van der Waals surface area contributed by atoms with Crippen molar-refractivity contribution in [1.82, 2.24) is 4.90 Å². The molecule has 6 heteroatoms. The van der Waals surface area contributed by atoms with Crippen molar-refractivity contribution in [2.75, 3.05) is 6.54 Å². The van der Waals surface area contributed by atoms with Crippen LogP contribution in [0, 0.1) is 11.8 Å². The number of sulfonamides is 1. The van der Waals surface area contributed by atoms with E-state index in [0.29, 0.717) is 18.9 Å². The van der Waals surface area contributed by atoms with Crippen molar-refractivity contribution in [2.45, 2.75) is 63.8 Å². The van der Waals surface area contributed by atoms with Gasteiger partial charge in [-0.05, 0) is 56.7 Å². The molecule has 5 nitrogen and oxygen atoms in total. The average molecular weight is 367 g/mol. The molecule has 1 fully saturated rings. The minimum Gasteiger partial charge on any atom is -0.340 e. The van der Waals surface area contributed by atoms with Crippen LogP contribution >= 0.6 is 0 Å². The van der Waals surface area contributed by atoms with Gasteiger partial charge in [-0.3, -0.25) is 4.79 Å². The van der Waals surface area contributed by atoms with E-state index in [1.54, 1.807) is 12.1 Å². The van der Waals surface area contributed by atoms with E-state index in [-0.39, 0.29) is 22.8 Å². The Balaban J connectivity index is 2.08. The summed E-state index contributed by atoms with van der Waals surface area (Å²) in [6.07, 6.45) is 5.06. The van der Waals surface area contributed by atoms with Gasteiger partial charge in [0, 0.05) is 18.5 Å². The molecular formula is C19H30N2O3S. The molecule has 0 aromatic heterocycles. The molecule has 0 spiro atoms. The minimum absolute atomic E-state index is 0.118. The van der Waals surface area contributed by atoms with Crippen LogP contribution in [0.5, 0.6) is 0 Å². The number of amides is 1. The molecule has 2 unspecified atom stereocenters. The summed E-state index contributed by atoms with van der Waals surface area (Å²) < 4.78 is 23.0. The van der Waals surface area contributed by atoms with Crippen molar-refractivity contribution in [3.05, 3.63) is 29.8 Å². The molecule has 1 aliphatic rings. The SMILES string of the molecule is CC1CCCCC1C(=O)N(CCc1cccc(S(N)(=O)=O)c1)C(C)C. The molecule has 2 atom stereocenters. The van der Waals surface area contributed by atoms with Crippen LogP contribution < -0.4 is 5.14 Å². The lowest BCUT2D eigenvalue weighted by Crippen LogP contribution is -2.44. The van der Waals surface area contributed by atoms with Crippen LogP contribution in [0.25, 0.3) is 0 Å². The van der Waals surface area contributed by atoms with Crippen LogP contribution in [0.1, 0.15) is 52.0 Å². The Hall–Kier alpha value is -1.40. The Kier molecular flexibility index (Phi) is 6.63. The van der Waals surface area contributed by atoms with Gasteiger partial charge in [-0.2, -0.15) is 0 Å². The number of hydrogen-bond donors (Lipinski definition) is 1. The maximum absolute atomic E-state index is 13.0. The van der Waals surface area contributed by atoms with Crippen molar-refractivity contribution in [1.29, 1.82) is 0 Å². The van der Waals surface area contributed by atoms with Crippen LogP contribution in [0.4, 0.5) is 0 Å². The molecule has 1 aromatic rings. The highest BCUT2D eigenvalue weighted by atomic mass is 32.2. The van der Waals surface area contributed by atoms with Gasteiger partial charge in [0.25, 0.3) is 0 Å². The molecule has 25 heavy (non-hydrogen) atoms. The summed E-state index contributed by atoms with van der Waals surface area (Å²) in [5.74, 6) is 0.796. The first-order valence-corrected chi connectivity index (χ1v) is 10.7. The summed E-state index contributed by atoms with van der Waals surface area (Å²) in [4.78, 5) is 15.1. The fourth-order valence-corrected chi connectivity index (χ4v) is 4.23. The molecule has 0 heterocycles. The molecule has 0 radical (unpaired) electrons. The molecule has 2 N–H and O–H groups in total. The largest absolute Gasteiger partial charge is 0.340 e. The first kappa shape index (κ1) is 19.9. The number of rotatable bonds is 6. The van der Waals surface area contributed by atoms with Crippen LogP contribution in [0.2, 0.25) is 0 Å². The highest BCUT2D eigenvalue weighted by molar-refractivity contribution is 7.89. The van der Waals surface area contributed by atoms with E-state index in [4.69, 9.17) is 5.14 Å². The number of nitrogens with two attached hydrogens (primary N) is 1. The number of carbonyl (C=O) groups is 1. The highest BCUT2D eigenvalue weighted by Gasteiger charge is 2.31. The Bertz CT molecular complexity index is 700. The zero-order valence-corrected chi connectivity index (χ0v) is 16.3. The van der Waals surface area contributed by atoms with Crippen LogP contribution in [-0.4, -0.2) is 31.8 Å². The summed E-state index contributed by atoms with van der Waals surface area (Å²) in [5.41, 5.74) is 0.877. The molecule has 0 bridgehead atoms. The smallest absolute Gasteiger partial charge is 0.238 e. The van der Waals surface area contributed by atoms with E-state index in [9.17, 15) is 13.2 Å². The summed E-state index contributed by atoms with van der Waals surface area (Å²) >= 11 is 0. The molecule has 1 amide bonds. The average Bonchev–Trinajstić information content (AvgIpc) is 2.54. The van der Waals surface area contributed by atoms with Crippen LogP contribution in [0.3, 0.4) is 0 Å². The van der Waals surface area contributed by atoms with E-state index in [1.807, 2.05) is 24.8 Å². The molecule has 1 saturated carbocycles. The van der Waals surface area contributed by atoms with Crippen molar-refractivity contribution in [3.63, 3.8) is 0 Å². The number of benzene rings is 1. The summed E-state index contributed by atoms with van der Waals surface area (Å²) in [6, 6.07) is 6.79. The van der Waals surface area contributed by atoms with E-state index in [1.165, 1.54) is 12.5 Å². The van der Waals surface area contributed by atoms with E-state index in [0.717, 1.165) is 24.8 Å². The van der Waals surface area contributed by atoms with E-state index < -0.39 is 10.0 Å². The third-order valence-electron chi connectivity index (χ3n) is 5.20. The number of primary sulfonamides is 1. The monoisotopic (exact) mass is 366 g/mol. The van der Waals surface area contributed by atoms with E-state index >= 15 is 0 Å². The second-order valence-corrected chi connectivity index (χ2v) is 9.00. The first-order chi connectivity index (χ1) is 11.7. The predicted octanol–water partition coefficient (Wildman–Crippen LogP) is 2.94. The maximum Gasteiger partial charge on any atom is 0.238 e. The van der Waals surface area contributed by atoms with Gasteiger partial charge in [0.2, 0.25) is 15.9 Å². The summed E-state index contributed by atoms with van der Waals surface area (Å²) in [6.45, 7) is 6.84. The fraction of sp³-hybridized carbons (Fsp3) is 0.632.